The van der Waals surface area contributed by atoms with Gasteiger partial charge in [0.25, 0.3) is 0 Å². The first-order valence-corrected chi connectivity index (χ1v) is 8.80. The molecule has 1 spiro atoms. The van der Waals surface area contributed by atoms with Crippen LogP contribution in [0.5, 0.6) is 11.5 Å². The number of hydrogen-bond acceptors (Lipinski definition) is 5. The molecule has 2 aliphatic carbocycles. The lowest BCUT2D eigenvalue weighted by Gasteiger charge is -2.63. The first kappa shape index (κ1) is 16.9. The van der Waals surface area contributed by atoms with Gasteiger partial charge in [0.05, 0.1) is 17.1 Å². The van der Waals surface area contributed by atoms with E-state index in [-0.39, 0.29) is 19.2 Å². The van der Waals surface area contributed by atoms with Crippen LogP contribution in [0.3, 0.4) is 0 Å². The molecule has 5 nitrogen and oxygen atoms in total. The first-order chi connectivity index (χ1) is 11.5. The van der Waals surface area contributed by atoms with E-state index in [0.29, 0.717) is 18.6 Å². The van der Waals surface area contributed by atoms with Crippen molar-refractivity contribution in [2.45, 2.75) is 62.4 Å². The van der Waals surface area contributed by atoms with Crippen LogP contribution in [0.4, 0.5) is 0 Å². The standard InChI is InChI=1S/C19H23NO4.CH4/c1-2-8-20-9-7-18-15-11-3-4-12(21)16(15)24-17(18)13(22)5-6-19(18,23)14(20)10-11;/h2-4,13-14,17,21-23H,1,5-10H2;1H4/t13?,14?,17-,18+,19?;/m1./s1. The highest BCUT2D eigenvalue weighted by molar-refractivity contribution is 5.62. The van der Waals surface area contributed by atoms with Crippen LogP contribution in [0.2, 0.25) is 0 Å². The highest BCUT2D eigenvalue weighted by Crippen LogP contribution is 2.65. The van der Waals surface area contributed by atoms with E-state index < -0.39 is 23.2 Å². The molecule has 5 heteroatoms. The number of hydrogen-bond donors (Lipinski definition) is 3. The summed E-state index contributed by atoms with van der Waals surface area (Å²) in [4.78, 5) is 2.31. The van der Waals surface area contributed by atoms with Crippen LogP contribution in [0, 0.1) is 0 Å². The van der Waals surface area contributed by atoms with Gasteiger partial charge in [-0.05, 0) is 43.9 Å². The number of ether oxygens (including phenoxy) is 1. The number of phenols is 1. The Labute approximate surface area is 148 Å². The lowest BCUT2D eigenvalue weighted by atomic mass is 9.48. The Morgan fingerprint density at radius 2 is 2.16 bits per heavy atom. The molecular weight excluding hydrogens is 318 g/mol. The lowest BCUT2D eigenvalue weighted by molar-refractivity contribution is -0.206. The highest BCUT2D eigenvalue weighted by Gasteiger charge is 2.72. The van der Waals surface area contributed by atoms with E-state index in [1.54, 1.807) is 6.07 Å². The third-order valence-corrected chi connectivity index (χ3v) is 6.91. The van der Waals surface area contributed by atoms with Gasteiger partial charge in [-0.2, -0.15) is 0 Å². The largest absolute Gasteiger partial charge is 0.504 e. The molecule has 25 heavy (non-hydrogen) atoms. The molecule has 1 aromatic rings. The minimum Gasteiger partial charge on any atom is -0.504 e. The summed E-state index contributed by atoms with van der Waals surface area (Å²) < 4.78 is 6.08. The molecular formula is C20H27NO4. The fourth-order valence-electron chi connectivity index (χ4n) is 5.99. The van der Waals surface area contributed by atoms with Crippen molar-refractivity contribution in [1.82, 2.24) is 4.90 Å². The SMILES string of the molecule is C.C=CCN1CC[C@]23c4c5ccc(O)c4O[C@@H]2C(O)CCC3(O)C1C5. The summed E-state index contributed by atoms with van der Waals surface area (Å²) in [5.74, 6) is 0.589. The van der Waals surface area contributed by atoms with Gasteiger partial charge in [-0.3, -0.25) is 4.90 Å². The van der Waals surface area contributed by atoms with Crippen molar-refractivity contribution in [1.29, 1.82) is 0 Å². The summed E-state index contributed by atoms with van der Waals surface area (Å²) in [6.45, 7) is 5.44. The zero-order valence-electron chi connectivity index (χ0n) is 13.6. The normalized spacial score (nSPS) is 40.6. The maximum Gasteiger partial charge on any atom is 0.165 e. The van der Waals surface area contributed by atoms with Gasteiger partial charge in [-0.1, -0.05) is 19.6 Å². The maximum absolute atomic E-state index is 11.9. The molecule has 2 heterocycles. The predicted molar refractivity (Wildman–Crippen MR) is 95.0 cm³/mol. The monoisotopic (exact) mass is 345 g/mol. The molecule has 5 rings (SSSR count). The molecule has 5 atom stereocenters. The molecule has 1 saturated heterocycles. The van der Waals surface area contributed by atoms with Crippen molar-refractivity contribution in [3.05, 3.63) is 35.9 Å². The van der Waals surface area contributed by atoms with Gasteiger partial charge in [0.2, 0.25) is 0 Å². The zero-order chi connectivity index (χ0) is 16.7. The number of benzene rings is 1. The molecule has 3 N–H and O–H groups in total. The predicted octanol–water partition coefficient (Wildman–Crippen LogP) is 1.73. The molecule has 2 aliphatic heterocycles. The maximum atomic E-state index is 11.9. The Bertz CT molecular complexity index is 735. The molecule has 0 radical (unpaired) electrons. The Morgan fingerprint density at radius 3 is 2.92 bits per heavy atom. The van der Waals surface area contributed by atoms with Crippen LogP contribution in [-0.4, -0.2) is 57.2 Å². The number of nitrogens with zero attached hydrogens (tertiary/aromatic N) is 1. The summed E-state index contributed by atoms with van der Waals surface area (Å²) in [7, 11) is 0. The van der Waals surface area contributed by atoms with Crippen LogP contribution in [-0.2, 0) is 11.8 Å². The van der Waals surface area contributed by atoms with Crippen molar-refractivity contribution in [2.24, 2.45) is 0 Å². The fraction of sp³-hybridized carbons (Fsp3) is 0.600. The van der Waals surface area contributed by atoms with E-state index in [2.05, 4.69) is 11.5 Å². The average Bonchev–Trinajstić information content (AvgIpc) is 2.91. The van der Waals surface area contributed by atoms with E-state index in [0.717, 1.165) is 37.1 Å². The number of aromatic hydroxyl groups is 1. The van der Waals surface area contributed by atoms with Gasteiger partial charge in [0.1, 0.15) is 6.10 Å². The van der Waals surface area contributed by atoms with Gasteiger partial charge < -0.3 is 20.1 Å². The summed E-state index contributed by atoms with van der Waals surface area (Å²) >= 11 is 0. The van der Waals surface area contributed by atoms with Crippen LogP contribution in [0.1, 0.15) is 37.8 Å². The van der Waals surface area contributed by atoms with E-state index in [1.807, 2.05) is 12.1 Å². The van der Waals surface area contributed by atoms with Gasteiger partial charge in [0.15, 0.2) is 11.5 Å². The van der Waals surface area contributed by atoms with Crippen LogP contribution >= 0.6 is 0 Å². The second-order valence-electron chi connectivity index (χ2n) is 7.74. The van der Waals surface area contributed by atoms with Gasteiger partial charge in [0, 0.05) is 18.2 Å². The molecule has 1 aromatic carbocycles. The Morgan fingerprint density at radius 1 is 1.36 bits per heavy atom. The van der Waals surface area contributed by atoms with E-state index in [4.69, 9.17) is 4.74 Å². The zero-order valence-corrected chi connectivity index (χ0v) is 13.6. The average molecular weight is 345 g/mol. The van der Waals surface area contributed by atoms with E-state index >= 15 is 0 Å². The minimum absolute atomic E-state index is 0. The second kappa shape index (κ2) is 5.22. The smallest absolute Gasteiger partial charge is 0.165 e. The minimum atomic E-state index is -0.940. The van der Waals surface area contributed by atoms with Gasteiger partial charge in [-0.25, -0.2) is 0 Å². The van der Waals surface area contributed by atoms with Gasteiger partial charge in [-0.15, -0.1) is 6.58 Å². The molecule has 136 valence electrons. The van der Waals surface area contributed by atoms with Crippen LogP contribution in [0.15, 0.2) is 24.8 Å². The number of phenolic OH excluding ortho intramolecular Hbond substituents is 1. The summed E-state index contributed by atoms with van der Waals surface area (Å²) in [5, 5.41) is 32.8. The fourth-order valence-corrected chi connectivity index (χ4v) is 5.99. The van der Waals surface area contributed by atoms with Crippen molar-refractivity contribution < 1.29 is 20.1 Å². The number of aliphatic hydroxyl groups is 2. The lowest BCUT2D eigenvalue weighted by Crippen LogP contribution is -2.77. The second-order valence-corrected chi connectivity index (χ2v) is 7.74. The number of likely N-dealkylation sites (tertiary alicyclic amines) is 1. The highest BCUT2D eigenvalue weighted by atomic mass is 16.5. The van der Waals surface area contributed by atoms with Crippen molar-refractivity contribution in [3.8, 4) is 11.5 Å². The topological polar surface area (TPSA) is 73.2 Å². The molecule has 0 amide bonds. The molecule has 0 aromatic heterocycles. The van der Waals surface area contributed by atoms with Gasteiger partial charge >= 0.3 is 0 Å². The summed E-state index contributed by atoms with van der Waals surface area (Å²) in [6.07, 6.45) is 3.33. The molecule has 3 unspecified atom stereocenters. The number of piperidine rings is 1. The molecule has 2 bridgehead atoms. The third-order valence-electron chi connectivity index (χ3n) is 6.91. The molecule has 4 aliphatic rings. The number of aliphatic hydroxyl groups excluding tert-OH is 1. The molecule has 2 fully saturated rings. The van der Waals surface area contributed by atoms with E-state index in [9.17, 15) is 15.3 Å². The van der Waals surface area contributed by atoms with Crippen molar-refractivity contribution in [2.75, 3.05) is 13.1 Å². The number of rotatable bonds is 2. The Hall–Kier alpha value is -1.56. The summed E-state index contributed by atoms with van der Waals surface area (Å²) in [5.41, 5.74) is 0.518. The Kier molecular flexibility index (Phi) is 3.53. The summed E-state index contributed by atoms with van der Waals surface area (Å²) in [6, 6.07) is 3.62. The van der Waals surface area contributed by atoms with Crippen molar-refractivity contribution in [3.63, 3.8) is 0 Å². The van der Waals surface area contributed by atoms with Crippen LogP contribution in [0.25, 0.3) is 0 Å². The Balaban J connectivity index is 0.00000157. The quantitative estimate of drug-likeness (QED) is 0.712. The van der Waals surface area contributed by atoms with Crippen molar-refractivity contribution >= 4 is 0 Å². The third kappa shape index (κ3) is 1.74. The molecule has 1 saturated carbocycles. The first-order valence-electron chi connectivity index (χ1n) is 8.80. The van der Waals surface area contributed by atoms with Crippen LogP contribution < -0.4 is 4.74 Å². The van der Waals surface area contributed by atoms with E-state index in [1.165, 1.54) is 0 Å².